The van der Waals surface area contributed by atoms with Crippen molar-refractivity contribution in [3.63, 3.8) is 0 Å². The number of anilines is 1. The average molecular weight is 482 g/mol. The number of halogens is 1. The van der Waals surface area contributed by atoms with Crippen molar-refractivity contribution >= 4 is 51.3 Å². The van der Waals surface area contributed by atoms with E-state index in [0.717, 1.165) is 40.5 Å². The van der Waals surface area contributed by atoms with E-state index in [0.29, 0.717) is 22.0 Å². The molecule has 0 radical (unpaired) electrons. The molecule has 0 saturated heterocycles. The van der Waals surface area contributed by atoms with E-state index in [4.69, 9.17) is 16.6 Å². The molecule has 1 N–H and O–H groups in total. The number of benzene rings is 2. The van der Waals surface area contributed by atoms with Crippen molar-refractivity contribution in [2.24, 2.45) is 0 Å². The van der Waals surface area contributed by atoms with Gasteiger partial charge in [0.05, 0.1) is 22.0 Å². The molecule has 2 heterocycles. The van der Waals surface area contributed by atoms with Crippen LogP contribution in [0.4, 0.5) is 5.69 Å². The molecule has 8 heteroatoms. The summed E-state index contributed by atoms with van der Waals surface area (Å²) in [5.41, 5.74) is 3.00. The van der Waals surface area contributed by atoms with Gasteiger partial charge in [0.15, 0.2) is 4.96 Å². The summed E-state index contributed by atoms with van der Waals surface area (Å²) in [6, 6.07) is 16.2. The Labute approximate surface area is 198 Å². The van der Waals surface area contributed by atoms with Gasteiger partial charge in [0.2, 0.25) is 0 Å². The minimum Gasteiger partial charge on any atom is -0.321 e. The van der Waals surface area contributed by atoms with Crippen LogP contribution in [0, 0.1) is 0 Å². The van der Waals surface area contributed by atoms with Gasteiger partial charge < -0.3 is 5.32 Å². The normalized spacial score (nSPS) is 13.2. The molecule has 0 saturated carbocycles. The van der Waals surface area contributed by atoms with Crippen molar-refractivity contribution in [1.29, 1.82) is 0 Å². The molecule has 4 aromatic rings. The van der Waals surface area contributed by atoms with E-state index in [1.165, 1.54) is 23.1 Å². The van der Waals surface area contributed by atoms with Crippen molar-refractivity contribution in [3.8, 4) is 0 Å². The average Bonchev–Trinajstić information content (AvgIpc) is 3.17. The Balaban J connectivity index is 1.37. The Bertz CT molecular complexity index is 1380. The smallest absolute Gasteiger partial charge is 0.259 e. The number of nitrogens with zero attached hydrogens (tertiary/aromatic N) is 2. The Hall–Kier alpha value is -2.61. The van der Waals surface area contributed by atoms with Gasteiger partial charge >= 0.3 is 0 Å². The molecule has 0 atom stereocenters. The number of nitrogens with one attached hydrogen (secondary N) is 1. The van der Waals surface area contributed by atoms with Crippen molar-refractivity contribution in [3.05, 3.63) is 91.8 Å². The molecule has 1 amide bonds. The van der Waals surface area contributed by atoms with Crippen molar-refractivity contribution in [2.75, 3.05) is 5.32 Å². The summed E-state index contributed by atoms with van der Waals surface area (Å²) in [5.74, 6) is 0.276. The second-order valence-corrected chi connectivity index (χ2v) is 10.1. The quantitative estimate of drug-likeness (QED) is 0.364. The maximum atomic E-state index is 12.8. The van der Waals surface area contributed by atoms with Gasteiger partial charge in [-0.05, 0) is 49.9 Å². The lowest BCUT2D eigenvalue weighted by Crippen LogP contribution is -2.17. The largest absolute Gasteiger partial charge is 0.321 e. The summed E-state index contributed by atoms with van der Waals surface area (Å²) in [4.78, 5) is 33.2. The molecular formula is C24H20ClN3O2S2. The van der Waals surface area contributed by atoms with Gasteiger partial charge in [-0.2, -0.15) is 0 Å². The highest BCUT2D eigenvalue weighted by Gasteiger charge is 2.19. The molecule has 1 aliphatic carbocycles. The van der Waals surface area contributed by atoms with E-state index < -0.39 is 0 Å². The number of aryl methyl sites for hydroxylation is 2. The first-order chi connectivity index (χ1) is 15.6. The zero-order valence-electron chi connectivity index (χ0n) is 17.1. The van der Waals surface area contributed by atoms with E-state index in [1.54, 1.807) is 46.1 Å². The number of para-hydroxylation sites is 1. The highest BCUT2D eigenvalue weighted by Crippen LogP contribution is 2.32. The lowest BCUT2D eigenvalue weighted by atomic mass is 10.0. The van der Waals surface area contributed by atoms with Gasteiger partial charge in [0, 0.05) is 27.3 Å². The van der Waals surface area contributed by atoms with Gasteiger partial charge in [-0.1, -0.05) is 35.9 Å². The van der Waals surface area contributed by atoms with Gasteiger partial charge in [0.1, 0.15) is 0 Å². The molecule has 5 nitrogen and oxygen atoms in total. The van der Waals surface area contributed by atoms with Crippen LogP contribution in [0.15, 0.2) is 64.3 Å². The van der Waals surface area contributed by atoms with E-state index in [-0.39, 0.29) is 11.5 Å². The molecule has 32 heavy (non-hydrogen) atoms. The minimum atomic E-state index is -0.259. The van der Waals surface area contributed by atoms with Crippen LogP contribution in [0.25, 0.3) is 4.96 Å². The molecule has 2 aromatic heterocycles. The Morgan fingerprint density at radius 2 is 1.91 bits per heavy atom. The second-order valence-electron chi connectivity index (χ2n) is 7.60. The third-order valence-electron chi connectivity index (χ3n) is 5.44. The molecule has 0 unspecified atom stereocenters. The summed E-state index contributed by atoms with van der Waals surface area (Å²) in [5, 5.41) is 3.36. The Morgan fingerprint density at radius 3 is 2.78 bits per heavy atom. The summed E-state index contributed by atoms with van der Waals surface area (Å²) < 4.78 is 1.78. The number of thioether (sulfide) groups is 1. The van der Waals surface area contributed by atoms with Crippen molar-refractivity contribution < 1.29 is 4.79 Å². The minimum absolute atomic E-state index is 0.00897. The number of hydrogen-bond acceptors (Lipinski definition) is 5. The monoisotopic (exact) mass is 481 g/mol. The zero-order valence-corrected chi connectivity index (χ0v) is 19.5. The van der Waals surface area contributed by atoms with Crippen LogP contribution in [0.3, 0.4) is 0 Å². The van der Waals surface area contributed by atoms with Gasteiger partial charge in [-0.3, -0.25) is 14.0 Å². The first kappa shape index (κ1) is 21.2. The molecule has 1 aliphatic rings. The number of thiazole rings is 1. The number of fused-ring (bicyclic) bond motifs is 3. The van der Waals surface area contributed by atoms with Crippen LogP contribution in [0.1, 0.15) is 39.5 Å². The van der Waals surface area contributed by atoms with E-state index in [1.807, 2.05) is 24.3 Å². The van der Waals surface area contributed by atoms with Crippen LogP contribution < -0.4 is 10.9 Å². The number of hydrogen-bond donors (Lipinski definition) is 1. The fourth-order valence-corrected chi connectivity index (χ4v) is 6.25. The maximum Gasteiger partial charge on any atom is 0.259 e. The fourth-order valence-electron chi connectivity index (χ4n) is 3.90. The molecule has 0 fully saturated rings. The number of rotatable bonds is 5. The third-order valence-corrected chi connectivity index (χ3v) is 8.02. The molecule has 5 rings (SSSR count). The lowest BCUT2D eigenvalue weighted by Gasteiger charge is -2.12. The summed E-state index contributed by atoms with van der Waals surface area (Å²) >= 11 is 9.33. The molecule has 0 bridgehead atoms. The predicted octanol–water partition coefficient (Wildman–Crippen LogP) is 5.83. The predicted molar refractivity (Wildman–Crippen MR) is 131 cm³/mol. The topological polar surface area (TPSA) is 63.5 Å². The van der Waals surface area contributed by atoms with Crippen LogP contribution in [0.5, 0.6) is 0 Å². The first-order valence-corrected chi connectivity index (χ1v) is 12.6. The maximum absolute atomic E-state index is 12.8. The summed E-state index contributed by atoms with van der Waals surface area (Å²) in [6.45, 7) is 0. The molecule has 0 aliphatic heterocycles. The number of aromatic nitrogens is 2. The van der Waals surface area contributed by atoms with Crippen molar-refractivity contribution in [1.82, 2.24) is 9.38 Å². The van der Waals surface area contributed by atoms with Gasteiger partial charge in [-0.25, -0.2) is 4.98 Å². The number of amides is 1. The highest BCUT2D eigenvalue weighted by molar-refractivity contribution is 7.98. The Morgan fingerprint density at radius 1 is 1.12 bits per heavy atom. The standard InChI is InChI=1S/C24H20ClN3O2S2/c25-17-8-2-1-7-16(17)23(30)27-18-9-3-5-11-20(18)31-14-15-13-22(29)28-19-10-4-6-12-21(19)32-24(28)26-15/h1-3,5,7-9,11,13H,4,6,10,12,14H2,(H,27,30). The molecule has 2 aromatic carbocycles. The van der Waals surface area contributed by atoms with E-state index in [2.05, 4.69) is 5.32 Å². The second kappa shape index (κ2) is 9.10. The summed E-state index contributed by atoms with van der Waals surface area (Å²) in [6.07, 6.45) is 4.28. The van der Waals surface area contributed by atoms with Crippen LogP contribution in [-0.2, 0) is 18.6 Å². The van der Waals surface area contributed by atoms with Gasteiger partial charge in [0.25, 0.3) is 11.5 Å². The first-order valence-electron chi connectivity index (χ1n) is 10.4. The zero-order chi connectivity index (χ0) is 22.1. The lowest BCUT2D eigenvalue weighted by molar-refractivity contribution is 0.102. The van der Waals surface area contributed by atoms with Crippen LogP contribution in [-0.4, -0.2) is 15.3 Å². The molecule has 162 valence electrons. The molecule has 0 spiro atoms. The van der Waals surface area contributed by atoms with Crippen LogP contribution >= 0.6 is 34.7 Å². The SMILES string of the molecule is O=C(Nc1ccccc1SCc1cc(=O)n2c3c(sc2n1)CCCC3)c1ccccc1Cl. The number of carbonyl (C=O) groups is 1. The van der Waals surface area contributed by atoms with Crippen LogP contribution in [0.2, 0.25) is 5.02 Å². The van der Waals surface area contributed by atoms with E-state index in [9.17, 15) is 9.59 Å². The number of carbonyl (C=O) groups excluding carboxylic acids is 1. The highest BCUT2D eigenvalue weighted by atomic mass is 35.5. The summed E-state index contributed by atoms with van der Waals surface area (Å²) in [7, 11) is 0. The van der Waals surface area contributed by atoms with E-state index >= 15 is 0 Å². The molecular weight excluding hydrogens is 462 g/mol. The third kappa shape index (κ3) is 4.20. The van der Waals surface area contributed by atoms with Crippen molar-refractivity contribution in [2.45, 2.75) is 36.3 Å². The van der Waals surface area contributed by atoms with Gasteiger partial charge in [-0.15, -0.1) is 23.1 Å². The fraction of sp³-hybridized carbons (Fsp3) is 0.208. The Kier molecular flexibility index (Phi) is 6.04.